The SMILES string of the molecule is CCCCCCC1([O-])CCCCCC1.[Cl-].[Mg+2]. The van der Waals surface area contributed by atoms with E-state index in [-0.39, 0.29) is 35.5 Å². The topological polar surface area (TPSA) is 23.1 Å². The number of rotatable bonds is 5. The monoisotopic (exact) mass is 256 g/mol. The van der Waals surface area contributed by atoms with E-state index in [9.17, 15) is 5.11 Å². The minimum absolute atomic E-state index is 0. The van der Waals surface area contributed by atoms with Crippen molar-refractivity contribution < 1.29 is 17.5 Å². The molecular weight excluding hydrogens is 232 g/mol. The number of halogens is 1. The number of unbranched alkanes of at least 4 members (excludes halogenated alkanes) is 3. The fraction of sp³-hybridized carbons (Fsp3) is 1.00. The summed E-state index contributed by atoms with van der Waals surface area (Å²) in [5.41, 5.74) is -0.537. The van der Waals surface area contributed by atoms with Gasteiger partial charge < -0.3 is 17.5 Å². The fourth-order valence-corrected chi connectivity index (χ4v) is 2.50. The van der Waals surface area contributed by atoms with E-state index in [1.165, 1.54) is 44.9 Å². The first kappa shape index (κ1) is 19.4. The van der Waals surface area contributed by atoms with Crippen LogP contribution in [0.25, 0.3) is 0 Å². The Bertz CT molecular complexity index is 145. The average Bonchev–Trinajstić information content (AvgIpc) is 2.39. The van der Waals surface area contributed by atoms with Gasteiger partial charge in [-0.15, -0.1) is 5.60 Å². The van der Waals surface area contributed by atoms with Gasteiger partial charge in [0.15, 0.2) is 0 Å². The van der Waals surface area contributed by atoms with Crippen molar-refractivity contribution in [3.63, 3.8) is 0 Å². The van der Waals surface area contributed by atoms with Gasteiger partial charge in [0.2, 0.25) is 0 Å². The van der Waals surface area contributed by atoms with Crippen LogP contribution in [-0.2, 0) is 0 Å². The molecule has 0 amide bonds. The third-order valence-electron chi connectivity index (χ3n) is 3.50. The maximum Gasteiger partial charge on any atom is 2.00 e. The summed E-state index contributed by atoms with van der Waals surface area (Å²) in [5, 5.41) is 12.3. The maximum absolute atomic E-state index is 12.3. The van der Waals surface area contributed by atoms with Gasteiger partial charge in [-0.3, -0.25) is 0 Å². The molecule has 1 nitrogen and oxygen atoms in total. The standard InChI is InChI=1S/C13H25O.ClH.Mg/c1-2-3-4-7-10-13(14)11-8-5-6-9-12-13;;/h2-12H2,1H3;1H;/q-1;;+2/p-1. The van der Waals surface area contributed by atoms with Crippen LogP contribution in [-0.4, -0.2) is 28.7 Å². The second kappa shape index (κ2) is 11.1. The number of hydrogen-bond donors (Lipinski definition) is 0. The predicted molar refractivity (Wildman–Crippen MR) is 64.9 cm³/mol. The summed E-state index contributed by atoms with van der Waals surface area (Å²) < 4.78 is 0. The third-order valence-corrected chi connectivity index (χ3v) is 3.50. The molecule has 1 fully saturated rings. The summed E-state index contributed by atoms with van der Waals surface area (Å²) in [6.45, 7) is 2.22. The van der Waals surface area contributed by atoms with Gasteiger partial charge in [0, 0.05) is 0 Å². The molecule has 0 unspecified atom stereocenters. The smallest absolute Gasteiger partial charge is 1.00 e. The van der Waals surface area contributed by atoms with Gasteiger partial charge in [0.05, 0.1) is 0 Å². The summed E-state index contributed by atoms with van der Waals surface area (Å²) in [4.78, 5) is 0. The minimum Gasteiger partial charge on any atom is -1.00 e. The Kier molecular flexibility index (Phi) is 13.5. The Morgan fingerprint density at radius 3 is 2.00 bits per heavy atom. The molecule has 0 atom stereocenters. The van der Waals surface area contributed by atoms with Gasteiger partial charge >= 0.3 is 23.1 Å². The molecule has 0 aliphatic heterocycles. The molecule has 1 aliphatic rings. The Labute approximate surface area is 123 Å². The Hall–Kier alpha value is 1.02. The fourth-order valence-electron chi connectivity index (χ4n) is 2.50. The maximum atomic E-state index is 12.3. The van der Waals surface area contributed by atoms with E-state index in [1.807, 2.05) is 0 Å². The summed E-state index contributed by atoms with van der Waals surface area (Å²) >= 11 is 0. The molecule has 92 valence electrons. The molecule has 1 saturated carbocycles. The second-order valence-corrected chi connectivity index (χ2v) is 4.91. The minimum atomic E-state index is -0.537. The molecule has 0 saturated heterocycles. The van der Waals surface area contributed by atoms with Crippen LogP contribution >= 0.6 is 0 Å². The van der Waals surface area contributed by atoms with Crippen LogP contribution in [0.5, 0.6) is 0 Å². The molecule has 16 heavy (non-hydrogen) atoms. The van der Waals surface area contributed by atoms with E-state index < -0.39 is 5.60 Å². The van der Waals surface area contributed by atoms with Gasteiger partial charge in [0.1, 0.15) is 0 Å². The van der Waals surface area contributed by atoms with Gasteiger partial charge in [0.25, 0.3) is 0 Å². The summed E-state index contributed by atoms with van der Waals surface area (Å²) in [6.07, 6.45) is 12.8. The van der Waals surface area contributed by atoms with Gasteiger partial charge in [-0.05, 0) is 0 Å². The molecule has 0 radical (unpaired) electrons. The Balaban J connectivity index is 0. The first-order chi connectivity index (χ1) is 6.77. The molecule has 0 spiro atoms. The molecule has 0 bridgehead atoms. The van der Waals surface area contributed by atoms with E-state index in [0.717, 1.165) is 25.7 Å². The molecule has 1 aliphatic carbocycles. The summed E-state index contributed by atoms with van der Waals surface area (Å²) in [6, 6.07) is 0. The molecule has 0 aromatic carbocycles. The zero-order valence-electron chi connectivity index (χ0n) is 10.8. The molecular formula is C13H25ClMgO. The molecule has 0 heterocycles. The Morgan fingerprint density at radius 2 is 1.50 bits per heavy atom. The summed E-state index contributed by atoms with van der Waals surface area (Å²) in [7, 11) is 0. The van der Waals surface area contributed by atoms with Crippen molar-refractivity contribution in [2.24, 2.45) is 0 Å². The van der Waals surface area contributed by atoms with Crippen LogP contribution in [0.4, 0.5) is 0 Å². The van der Waals surface area contributed by atoms with Crippen molar-refractivity contribution in [3.8, 4) is 0 Å². The van der Waals surface area contributed by atoms with Crippen LogP contribution in [0.3, 0.4) is 0 Å². The van der Waals surface area contributed by atoms with Crippen molar-refractivity contribution in [1.82, 2.24) is 0 Å². The molecule has 3 heteroatoms. The van der Waals surface area contributed by atoms with E-state index in [2.05, 4.69) is 6.92 Å². The van der Waals surface area contributed by atoms with Gasteiger partial charge in [-0.25, -0.2) is 0 Å². The Morgan fingerprint density at radius 1 is 0.938 bits per heavy atom. The van der Waals surface area contributed by atoms with Crippen molar-refractivity contribution in [2.75, 3.05) is 0 Å². The average molecular weight is 257 g/mol. The molecule has 0 aromatic rings. The van der Waals surface area contributed by atoms with Crippen LogP contribution in [0.2, 0.25) is 0 Å². The van der Waals surface area contributed by atoms with Crippen LogP contribution in [0.15, 0.2) is 0 Å². The van der Waals surface area contributed by atoms with E-state index in [1.54, 1.807) is 0 Å². The van der Waals surface area contributed by atoms with E-state index in [4.69, 9.17) is 0 Å². The van der Waals surface area contributed by atoms with Gasteiger partial charge in [-0.1, -0.05) is 77.6 Å². The van der Waals surface area contributed by atoms with Crippen LogP contribution < -0.4 is 17.5 Å². The quantitative estimate of drug-likeness (QED) is 0.387. The molecule has 0 aromatic heterocycles. The number of hydrogen-bond acceptors (Lipinski definition) is 1. The zero-order valence-corrected chi connectivity index (χ0v) is 12.9. The van der Waals surface area contributed by atoms with Crippen molar-refractivity contribution in [3.05, 3.63) is 0 Å². The molecule has 0 N–H and O–H groups in total. The van der Waals surface area contributed by atoms with Crippen LogP contribution in [0, 0.1) is 0 Å². The first-order valence-electron chi connectivity index (χ1n) is 6.47. The van der Waals surface area contributed by atoms with Crippen LogP contribution in [0.1, 0.15) is 77.6 Å². The first-order valence-corrected chi connectivity index (χ1v) is 6.47. The normalized spacial score (nSPS) is 19.1. The summed E-state index contributed by atoms with van der Waals surface area (Å²) in [5.74, 6) is 0. The van der Waals surface area contributed by atoms with Crippen molar-refractivity contribution in [1.29, 1.82) is 0 Å². The van der Waals surface area contributed by atoms with Gasteiger partial charge in [-0.2, -0.15) is 0 Å². The van der Waals surface area contributed by atoms with E-state index in [0.29, 0.717) is 0 Å². The largest absolute Gasteiger partial charge is 2.00 e. The molecule has 1 rings (SSSR count). The second-order valence-electron chi connectivity index (χ2n) is 4.91. The van der Waals surface area contributed by atoms with Crippen molar-refractivity contribution in [2.45, 2.75) is 83.2 Å². The van der Waals surface area contributed by atoms with Crippen molar-refractivity contribution >= 4 is 23.1 Å². The predicted octanol–water partition coefficient (Wildman–Crippen LogP) is 0.0333. The zero-order chi connectivity index (χ0) is 10.3. The van der Waals surface area contributed by atoms with E-state index >= 15 is 0 Å². The third kappa shape index (κ3) is 8.16.